The summed E-state index contributed by atoms with van der Waals surface area (Å²) in [6, 6.07) is 12.3. The molecule has 0 bridgehead atoms. The third kappa shape index (κ3) is 6.05. The van der Waals surface area contributed by atoms with Crippen molar-refractivity contribution in [3.8, 4) is 11.5 Å². The molecule has 0 atom stereocenters. The summed E-state index contributed by atoms with van der Waals surface area (Å²) in [5.74, 6) is -0.439. The number of carbonyl (C=O) groups excluding carboxylic acids is 2. The van der Waals surface area contributed by atoms with Gasteiger partial charge in [0.15, 0.2) is 10.9 Å². The first-order chi connectivity index (χ1) is 16.3. The molecule has 0 saturated heterocycles. The van der Waals surface area contributed by atoms with E-state index < -0.39 is 10.8 Å². The minimum Gasteiger partial charge on any atom is -0.494 e. The van der Waals surface area contributed by atoms with Crippen LogP contribution in [0.1, 0.15) is 27.0 Å². The van der Waals surface area contributed by atoms with Crippen LogP contribution in [0.4, 0.5) is 17.1 Å². The molecule has 0 aliphatic heterocycles. The van der Waals surface area contributed by atoms with Crippen molar-refractivity contribution in [2.45, 2.75) is 6.92 Å². The van der Waals surface area contributed by atoms with Crippen molar-refractivity contribution in [3.63, 3.8) is 0 Å². The Morgan fingerprint density at radius 2 is 1.88 bits per heavy atom. The van der Waals surface area contributed by atoms with E-state index in [-0.39, 0.29) is 34.6 Å². The fourth-order valence-corrected chi connectivity index (χ4v) is 3.71. The number of benzene rings is 2. The van der Waals surface area contributed by atoms with Crippen molar-refractivity contribution in [1.82, 2.24) is 5.32 Å². The van der Waals surface area contributed by atoms with E-state index in [9.17, 15) is 19.7 Å². The van der Waals surface area contributed by atoms with Gasteiger partial charge in [-0.3, -0.25) is 25.0 Å². The lowest BCUT2D eigenvalue weighted by Gasteiger charge is -2.14. The predicted molar refractivity (Wildman–Crippen MR) is 133 cm³/mol. The Balaban J connectivity index is 1.67. The van der Waals surface area contributed by atoms with E-state index >= 15 is 0 Å². The third-order valence-corrected chi connectivity index (χ3v) is 5.47. The molecule has 0 unspecified atom stereocenters. The largest absolute Gasteiger partial charge is 0.494 e. The van der Waals surface area contributed by atoms with E-state index in [0.717, 1.165) is 6.07 Å². The number of hydrogen-bond donors (Lipinski definition) is 3. The number of nitrogens with one attached hydrogen (secondary N) is 3. The lowest BCUT2D eigenvalue weighted by molar-refractivity contribution is -0.385. The van der Waals surface area contributed by atoms with E-state index in [1.165, 1.54) is 30.6 Å². The molecule has 12 heteroatoms. The van der Waals surface area contributed by atoms with Gasteiger partial charge >= 0.3 is 5.69 Å². The molecule has 3 aromatic rings. The zero-order valence-corrected chi connectivity index (χ0v) is 19.7. The molecule has 176 valence electrons. The number of amides is 2. The van der Waals surface area contributed by atoms with Gasteiger partial charge in [-0.05, 0) is 54.9 Å². The minimum atomic E-state index is -0.629. The van der Waals surface area contributed by atoms with Crippen LogP contribution in [0.25, 0.3) is 0 Å². The summed E-state index contributed by atoms with van der Waals surface area (Å²) in [6.45, 7) is 1.95. The van der Waals surface area contributed by atoms with Crippen LogP contribution in [0.2, 0.25) is 0 Å². The van der Waals surface area contributed by atoms with Crippen molar-refractivity contribution < 1.29 is 24.0 Å². The number of nitro benzene ring substituents is 1. The summed E-state index contributed by atoms with van der Waals surface area (Å²) >= 11 is 6.51. The average molecular weight is 501 g/mol. The highest BCUT2D eigenvalue weighted by molar-refractivity contribution is 7.80. The molecule has 0 saturated carbocycles. The summed E-state index contributed by atoms with van der Waals surface area (Å²) in [4.78, 5) is 36.0. The quantitative estimate of drug-likeness (QED) is 0.235. The topological polar surface area (TPSA) is 132 Å². The molecule has 2 amide bonds. The maximum Gasteiger partial charge on any atom is 0.311 e. The van der Waals surface area contributed by atoms with Gasteiger partial charge in [0.2, 0.25) is 0 Å². The van der Waals surface area contributed by atoms with Crippen LogP contribution in [0.15, 0.2) is 53.9 Å². The molecule has 3 rings (SSSR count). The smallest absolute Gasteiger partial charge is 0.311 e. The van der Waals surface area contributed by atoms with Crippen LogP contribution in [0.3, 0.4) is 0 Å². The van der Waals surface area contributed by atoms with Crippen LogP contribution in [-0.2, 0) is 0 Å². The molecule has 0 fully saturated rings. The van der Waals surface area contributed by atoms with Crippen molar-refractivity contribution in [2.24, 2.45) is 0 Å². The number of anilines is 2. The summed E-state index contributed by atoms with van der Waals surface area (Å²) in [6.07, 6.45) is 0. The van der Waals surface area contributed by atoms with Gasteiger partial charge in [0.1, 0.15) is 5.75 Å². The van der Waals surface area contributed by atoms with Gasteiger partial charge in [-0.1, -0.05) is 6.07 Å². The van der Waals surface area contributed by atoms with Crippen LogP contribution >= 0.6 is 23.6 Å². The molecule has 0 aliphatic rings. The number of ether oxygens (including phenoxy) is 2. The monoisotopic (exact) mass is 500 g/mol. The van der Waals surface area contributed by atoms with Crippen LogP contribution in [-0.4, -0.2) is 35.6 Å². The van der Waals surface area contributed by atoms with Crippen molar-refractivity contribution in [3.05, 3.63) is 74.5 Å². The molecule has 1 aromatic heterocycles. The number of carbonyl (C=O) groups is 2. The van der Waals surface area contributed by atoms with Gasteiger partial charge in [0.05, 0.1) is 29.2 Å². The van der Waals surface area contributed by atoms with Gasteiger partial charge in [-0.2, -0.15) is 0 Å². The van der Waals surface area contributed by atoms with E-state index in [0.29, 0.717) is 22.0 Å². The SMILES string of the molecule is CCOc1ccc(C(=O)NC(=S)Nc2ccc(NC(=O)c3cccs3)c(OC)c2)cc1[N+](=O)[O-]. The highest BCUT2D eigenvalue weighted by Gasteiger charge is 2.19. The lowest BCUT2D eigenvalue weighted by atomic mass is 10.1. The average Bonchev–Trinajstić information content (AvgIpc) is 3.35. The van der Waals surface area contributed by atoms with E-state index in [1.807, 2.05) is 0 Å². The first-order valence-corrected chi connectivity index (χ1v) is 11.2. The van der Waals surface area contributed by atoms with Gasteiger partial charge in [0, 0.05) is 23.4 Å². The Labute approximate surface area is 204 Å². The normalized spacial score (nSPS) is 10.2. The maximum atomic E-state index is 12.5. The molecule has 3 N–H and O–H groups in total. The van der Waals surface area contributed by atoms with Gasteiger partial charge in [-0.25, -0.2) is 0 Å². The first kappa shape index (κ1) is 24.6. The third-order valence-electron chi connectivity index (χ3n) is 4.40. The van der Waals surface area contributed by atoms with Crippen LogP contribution in [0.5, 0.6) is 11.5 Å². The number of methoxy groups -OCH3 is 1. The first-order valence-electron chi connectivity index (χ1n) is 9.88. The second-order valence-corrected chi connectivity index (χ2v) is 7.98. The van der Waals surface area contributed by atoms with Gasteiger partial charge < -0.3 is 20.1 Å². The number of nitrogens with zero attached hydrogens (tertiary/aromatic N) is 1. The summed E-state index contributed by atoms with van der Waals surface area (Å²) in [5, 5.41) is 21.1. The molecule has 1 heterocycles. The van der Waals surface area contributed by atoms with Crippen LogP contribution in [0, 0.1) is 10.1 Å². The Kier molecular flexibility index (Phi) is 8.11. The zero-order valence-electron chi connectivity index (χ0n) is 18.1. The highest BCUT2D eigenvalue weighted by atomic mass is 32.1. The molecule has 2 aromatic carbocycles. The summed E-state index contributed by atoms with van der Waals surface area (Å²) in [7, 11) is 1.46. The minimum absolute atomic E-state index is 0.0287. The van der Waals surface area contributed by atoms with Crippen LogP contribution < -0.4 is 25.4 Å². The fourth-order valence-electron chi connectivity index (χ4n) is 2.88. The molecule has 0 aliphatic carbocycles. The number of hydrogen-bond acceptors (Lipinski definition) is 8. The number of thiocarbonyl (C=S) groups is 1. The fraction of sp³-hybridized carbons (Fsp3) is 0.136. The molecular formula is C22H20N4O6S2. The van der Waals surface area contributed by atoms with Crippen molar-refractivity contribution >= 4 is 57.5 Å². The standard InChI is InChI=1S/C22H20N4O6S2/c1-3-32-17-9-6-13(11-16(17)26(29)30)20(27)25-22(33)23-14-7-8-15(18(12-14)31-2)24-21(28)19-5-4-10-34-19/h4-12H,3H2,1-2H3,(H,24,28)(H2,23,25,27,33). The number of nitro groups is 1. The highest BCUT2D eigenvalue weighted by Crippen LogP contribution is 2.29. The maximum absolute atomic E-state index is 12.5. The number of rotatable bonds is 8. The predicted octanol–water partition coefficient (Wildman–Crippen LogP) is 4.44. The van der Waals surface area contributed by atoms with E-state index in [4.69, 9.17) is 21.7 Å². The Morgan fingerprint density at radius 3 is 2.53 bits per heavy atom. The summed E-state index contributed by atoms with van der Waals surface area (Å²) in [5.41, 5.74) is 0.680. The second kappa shape index (κ2) is 11.2. The summed E-state index contributed by atoms with van der Waals surface area (Å²) < 4.78 is 10.6. The second-order valence-electron chi connectivity index (χ2n) is 6.63. The molecule has 10 nitrogen and oxygen atoms in total. The molecular weight excluding hydrogens is 480 g/mol. The van der Waals surface area contributed by atoms with E-state index in [2.05, 4.69) is 16.0 Å². The molecule has 0 spiro atoms. The Hall–Kier alpha value is -4.03. The van der Waals surface area contributed by atoms with Gasteiger partial charge in [-0.15, -0.1) is 11.3 Å². The Bertz CT molecular complexity index is 1230. The lowest BCUT2D eigenvalue weighted by Crippen LogP contribution is -2.34. The zero-order chi connectivity index (χ0) is 24.7. The Morgan fingerprint density at radius 1 is 1.09 bits per heavy atom. The molecule has 34 heavy (non-hydrogen) atoms. The van der Waals surface area contributed by atoms with Crippen molar-refractivity contribution in [1.29, 1.82) is 0 Å². The van der Waals surface area contributed by atoms with E-state index in [1.54, 1.807) is 42.6 Å². The number of thiophene rings is 1. The van der Waals surface area contributed by atoms with Crippen molar-refractivity contribution in [2.75, 3.05) is 24.4 Å². The molecule has 0 radical (unpaired) electrons. The van der Waals surface area contributed by atoms with Gasteiger partial charge in [0.25, 0.3) is 11.8 Å².